The van der Waals surface area contributed by atoms with Crippen molar-refractivity contribution >= 4 is 31.5 Å². The zero-order valence-corrected chi connectivity index (χ0v) is 33.5. The summed E-state index contributed by atoms with van der Waals surface area (Å²) in [5.74, 6) is 3.58. The van der Waals surface area contributed by atoms with Gasteiger partial charge in [-0.05, 0) is 52.6 Å². The van der Waals surface area contributed by atoms with E-state index in [0.717, 1.165) is 55.6 Å². The highest BCUT2D eigenvalue weighted by Gasteiger charge is 2.17. The SMILES string of the molecule is c1ccc(-c2cc(-c3ccccc3)cc(-c3nc(-c4ccccc4)nc(-c4ccc(-c5nc(-c6ccccc6)nc(-c6ccc7c(c6)sc6ccccc67)n5)cc4)n3)c2)cc1. The van der Waals surface area contributed by atoms with Gasteiger partial charge in [0.15, 0.2) is 34.9 Å². The molecule has 0 unspecified atom stereocenters. The summed E-state index contributed by atoms with van der Waals surface area (Å²) in [6.45, 7) is 0. The Labute approximate surface area is 356 Å². The lowest BCUT2D eigenvalue weighted by Gasteiger charge is -2.13. The number of thiophene rings is 1. The van der Waals surface area contributed by atoms with E-state index in [-0.39, 0.29) is 0 Å². The number of fused-ring (bicyclic) bond motifs is 3. The van der Waals surface area contributed by atoms with Crippen LogP contribution in [-0.4, -0.2) is 29.9 Å². The van der Waals surface area contributed by atoms with Crippen molar-refractivity contribution < 1.29 is 0 Å². The van der Waals surface area contributed by atoms with Gasteiger partial charge in [0.1, 0.15) is 0 Å². The molecule has 3 aromatic heterocycles. The van der Waals surface area contributed by atoms with Gasteiger partial charge in [-0.2, -0.15) is 0 Å². The molecule has 0 atom stereocenters. The second-order valence-electron chi connectivity index (χ2n) is 14.8. The highest BCUT2D eigenvalue weighted by atomic mass is 32.1. The molecule has 0 aliphatic rings. The molecular formula is C54H34N6S. The maximum atomic E-state index is 5.16. The summed E-state index contributed by atoms with van der Waals surface area (Å²) in [4.78, 5) is 30.4. The van der Waals surface area contributed by atoms with Crippen LogP contribution in [0.5, 0.6) is 0 Å². The van der Waals surface area contributed by atoms with Crippen LogP contribution in [-0.2, 0) is 0 Å². The van der Waals surface area contributed by atoms with Crippen molar-refractivity contribution in [3.05, 3.63) is 206 Å². The number of hydrogen-bond acceptors (Lipinski definition) is 7. The largest absolute Gasteiger partial charge is 0.208 e. The molecule has 0 aliphatic carbocycles. The lowest BCUT2D eigenvalue weighted by atomic mass is 9.96. The third-order valence-electron chi connectivity index (χ3n) is 10.8. The molecule has 0 amide bonds. The molecule has 11 rings (SSSR count). The Bertz CT molecular complexity index is 3280. The van der Waals surface area contributed by atoms with Crippen LogP contribution in [0, 0.1) is 0 Å². The molecular weight excluding hydrogens is 765 g/mol. The first-order valence-corrected chi connectivity index (χ1v) is 20.9. The fourth-order valence-corrected chi connectivity index (χ4v) is 8.83. The highest BCUT2D eigenvalue weighted by molar-refractivity contribution is 7.25. The summed E-state index contributed by atoms with van der Waals surface area (Å²) >= 11 is 1.78. The summed E-state index contributed by atoms with van der Waals surface area (Å²) in [5.41, 5.74) is 9.77. The van der Waals surface area contributed by atoms with Crippen molar-refractivity contribution in [2.24, 2.45) is 0 Å². The van der Waals surface area contributed by atoms with Crippen molar-refractivity contribution in [3.63, 3.8) is 0 Å². The third kappa shape index (κ3) is 7.24. The van der Waals surface area contributed by atoms with Crippen LogP contribution in [0.4, 0.5) is 0 Å². The molecule has 0 spiro atoms. The minimum atomic E-state index is 0.569. The average molecular weight is 799 g/mol. The second kappa shape index (κ2) is 15.6. The van der Waals surface area contributed by atoms with Crippen LogP contribution in [0.2, 0.25) is 0 Å². The van der Waals surface area contributed by atoms with Crippen LogP contribution in [0.15, 0.2) is 206 Å². The molecule has 0 saturated heterocycles. The molecule has 3 heterocycles. The molecule has 0 saturated carbocycles. The van der Waals surface area contributed by atoms with E-state index in [1.165, 1.54) is 20.2 Å². The normalized spacial score (nSPS) is 11.3. The molecule has 0 fully saturated rings. The van der Waals surface area contributed by atoms with Gasteiger partial charge in [0, 0.05) is 53.6 Å². The fraction of sp³-hybridized carbons (Fsp3) is 0. The minimum absolute atomic E-state index is 0.569. The lowest BCUT2D eigenvalue weighted by molar-refractivity contribution is 1.07. The first kappa shape index (κ1) is 36.1. The van der Waals surface area contributed by atoms with E-state index in [4.69, 9.17) is 29.9 Å². The van der Waals surface area contributed by atoms with E-state index in [1.807, 2.05) is 97.1 Å². The summed E-state index contributed by atoms with van der Waals surface area (Å²) < 4.78 is 2.45. The van der Waals surface area contributed by atoms with E-state index in [9.17, 15) is 0 Å². The van der Waals surface area contributed by atoms with Gasteiger partial charge in [0.2, 0.25) is 0 Å². The Morgan fingerprint density at radius 3 is 1.02 bits per heavy atom. The first-order valence-electron chi connectivity index (χ1n) is 20.1. The van der Waals surface area contributed by atoms with Gasteiger partial charge in [-0.3, -0.25) is 0 Å². The van der Waals surface area contributed by atoms with E-state index in [1.54, 1.807) is 11.3 Å². The molecule has 6 nitrogen and oxygen atoms in total. The van der Waals surface area contributed by atoms with E-state index >= 15 is 0 Å². The highest BCUT2D eigenvalue weighted by Crippen LogP contribution is 2.37. The van der Waals surface area contributed by atoms with Crippen LogP contribution >= 0.6 is 11.3 Å². The zero-order chi connectivity index (χ0) is 40.5. The van der Waals surface area contributed by atoms with Gasteiger partial charge in [-0.1, -0.05) is 176 Å². The van der Waals surface area contributed by atoms with Crippen LogP contribution in [0.25, 0.3) is 111 Å². The Balaban J connectivity index is 1.02. The quantitative estimate of drug-likeness (QED) is 0.152. The predicted molar refractivity (Wildman–Crippen MR) is 250 cm³/mol. The minimum Gasteiger partial charge on any atom is -0.208 e. The van der Waals surface area contributed by atoms with Gasteiger partial charge in [0.25, 0.3) is 0 Å². The molecule has 7 heteroatoms. The molecule has 0 N–H and O–H groups in total. The van der Waals surface area contributed by atoms with Crippen molar-refractivity contribution in [2.75, 3.05) is 0 Å². The van der Waals surface area contributed by atoms with Crippen molar-refractivity contribution in [1.29, 1.82) is 0 Å². The van der Waals surface area contributed by atoms with Crippen LogP contribution in [0.1, 0.15) is 0 Å². The Morgan fingerprint density at radius 2 is 0.541 bits per heavy atom. The molecule has 8 aromatic carbocycles. The lowest BCUT2D eigenvalue weighted by Crippen LogP contribution is -2.01. The van der Waals surface area contributed by atoms with Gasteiger partial charge >= 0.3 is 0 Å². The molecule has 0 aliphatic heterocycles. The molecule has 61 heavy (non-hydrogen) atoms. The van der Waals surface area contributed by atoms with Crippen molar-refractivity contribution in [1.82, 2.24) is 29.9 Å². The summed E-state index contributed by atoms with van der Waals surface area (Å²) in [7, 11) is 0. The molecule has 0 bridgehead atoms. The second-order valence-corrected chi connectivity index (χ2v) is 15.8. The van der Waals surface area contributed by atoms with E-state index < -0.39 is 0 Å². The summed E-state index contributed by atoms with van der Waals surface area (Å²) in [6.07, 6.45) is 0. The van der Waals surface area contributed by atoms with Gasteiger partial charge in [0.05, 0.1) is 0 Å². The van der Waals surface area contributed by atoms with Gasteiger partial charge in [-0.25, -0.2) is 29.9 Å². The monoisotopic (exact) mass is 798 g/mol. The molecule has 0 radical (unpaired) electrons. The average Bonchev–Trinajstić information content (AvgIpc) is 3.73. The smallest absolute Gasteiger partial charge is 0.164 e. The third-order valence-corrected chi connectivity index (χ3v) is 11.9. The van der Waals surface area contributed by atoms with Crippen LogP contribution < -0.4 is 0 Å². The number of hydrogen-bond donors (Lipinski definition) is 0. The number of rotatable bonds is 8. The Morgan fingerprint density at radius 1 is 0.213 bits per heavy atom. The maximum absolute atomic E-state index is 5.16. The zero-order valence-electron chi connectivity index (χ0n) is 32.7. The predicted octanol–water partition coefficient (Wildman–Crippen LogP) is 13.8. The number of nitrogens with zero attached hydrogens (tertiary/aromatic N) is 6. The summed E-state index contributed by atoms with van der Waals surface area (Å²) in [6, 6.07) is 70.7. The van der Waals surface area contributed by atoms with Gasteiger partial charge in [-0.15, -0.1) is 11.3 Å². The van der Waals surface area contributed by atoms with Crippen molar-refractivity contribution in [3.8, 4) is 90.6 Å². The summed E-state index contributed by atoms with van der Waals surface area (Å²) in [5, 5.41) is 2.49. The number of benzene rings is 8. The Kier molecular flexibility index (Phi) is 9.26. The fourth-order valence-electron chi connectivity index (χ4n) is 7.69. The number of aromatic nitrogens is 6. The molecule has 286 valence electrons. The molecule has 11 aromatic rings. The van der Waals surface area contributed by atoms with Gasteiger partial charge < -0.3 is 0 Å². The van der Waals surface area contributed by atoms with Crippen LogP contribution in [0.3, 0.4) is 0 Å². The van der Waals surface area contributed by atoms with E-state index in [0.29, 0.717) is 34.9 Å². The van der Waals surface area contributed by atoms with Crippen molar-refractivity contribution in [2.45, 2.75) is 0 Å². The standard InChI is InChI=1S/C54H34N6S/c1-5-15-35(16-6-1)42-31-43(36-17-7-2-8-18-36)33-44(32-42)54-59-50(38-21-11-4-12-22-38)56-52(60-54)40-27-25-39(26-28-40)51-55-49(37-19-9-3-10-20-37)57-53(58-51)41-29-30-46-45-23-13-14-24-47(45)61-48(46)34-41/h1-34H. The topological polar surface area (TPSA) is 77.3 Å². The maximum Gasteiger partial charge on any atom is 0.164 e. The Hall–Kier alpha value is -8.00. The van der Waals surface area contributed by atoms with E-state index in [2.05, 4.69) is 109 Å². The first-order chi connectivity index (χ1) is 30.2.